The highest BCUT2D eigenvalue weighted by Gasteiger charge is 2.10. The van der Waals surface area contributed by atoms with Crippen molar-refractivity contribution in [1.82, 2.24) is 5.32 Å². The van der Waals surface area contributed by atoms with Crippen LogP contribution in [0, 0.1) is 0 Å². The van der Waals surface area contributed by atoms with Crippen LogP contribution >= 0.6 is 0 Å². The lowest BCUT2D eigenvalue weighted by Gasteiger charge is -2.28. The summed E-state index contributed by atoms with van der Waals surface area (Å²) in [5.41, 5.74) is 2.62. The Hall–Kier alpha value is -1.06. The summed E-state index contributed by atoms with van der Waals surface area (Å²) in [5.74, 6) is 0. The van der Waals surface area contributed by atoms with E-state index in [2.05, 4.69) is 34.5 Å². The van der Waals surface area contributed by atoms with Crippen molar-refractivity contribution in [3.8, 4) is 0 Å². The van der Waals surface area contributed by atoms with Crippen LogP contribution in [-0.2, 0) is 6.54 Å². The van der Waals surface area contributed by atoms with Crippen molar-refractivity contribution in [3.63, 3.8) is 0 Å². The average molecular weight is 248 g/mol. The molecule has 100 valence electrons. The molecule has 0 bridgehead atoms. The molecule has 1 fully saturated rings. The third kappa shape index (κ3) is 4.00. The zero-order chi connectivity index (χ0) is 12.8. The summed E-state index contributed by atoms with van der Waals surface area (Å²) in [5, 5.41) is 12.4. The molecule has 0 amide bonds. The lowest BCUT2D eigenvalue weighted by Crippen LogP contribution is -2.29. The van der Waals surface area contributed by atoms with Gasteiger partial charge in [0, 0.05) is 31.9 Å². The smallest absolute Gasteiger partial charge is 0.0636 e. The van der Waals surface area contributed by atoms with Crippen LogP contribution < -0.4 is 10.2 Å². The van der Waals surface area contributed by atoms with E-state index in [0.717, 1.165) is 6.54 Å². The van der Waals surface area contributed by atoms with Crippen molar-refractivity contribution >= 4 is 5.69 Å². The minimum absolute atomic E-state index is 0.280. The van der Waals surface area contributed by atoms with Gasteiger partial charge in [-0.05, 0) is 43.9 Å². The van der Waals surface area contributed by atoms with Crippen LogP contribution in [0.5, 0.6) is 0 Å². The molecule has 1 saturated heterocycles. The maximum absolute atomic E-state index is 9.18. The summed E-state index contributed by atoms with van der Waals surface area (Å²) >= 11 is 0. The van der Waals surface area contributed by atoms with Crippen LogP contribution in [0.4, 0.5) is 5.69 Å². The van der Waals surface area contributed by atoms with E-state index in [1.807, 2.05) is 0 Å². The molecule has 1 aromatic carbocycles. The SMILES string of the molecule is CC(O)CNCc1ccc(N2CCCCC2)cc1. The van der Waals surface area contributed by atoms with Gasteiger partial charge in [0.05, 0.1) is 6.10 Å². The minimum Gasteiger partial charge on any atom is -0.392 e. The Labute approximate surface area is 110 Å². The Morgan fingerprint density at radius 2 is 1.83 bits per heavy atom. The third-order valence-electron chi connectivity index (χ3n) is 3.43. The first-order valence-corrected chi connectivity index (χ1v) is 6.98. The molecule has 3 nitrogen and oxygen atoms in total. The number of piperidine rings is 1. The monoisotopic (exact) mass is 248 g/mol. The van der Waals surface area contributed by atoms with Crippen LogP contribution in [-0.4, -0.2) is 30.8 Å². The maximum Gasteiger partial charge on any atom is 0.0636 e. The highest BCUT2D eigenvalue weighted by molar-refractivity contribution is 5.47. The quantitative estimate of drug-likeness (QED) is 0.838. The van der Waals surface area contributed by atoms with Gasteiger partial charge < -0.3 is 15.3 Å². The summed E-state index contributed by atoms with van der Waals surface area (Å²) in [4.78, 5) is 2.47. The van der Waals surface area contributed by atoms with Crippen molar-refractivity contribution in [2.45, 2.75) is 38.8 Å². The summed E-state index contributed by atoms with van der Waals surface area (Å²) in [7, 11) is 0. The highest BCUT2D eigenvalue weighted by Crippen LogP contribution is 2.20. The Balaban J connectivity index is 1.84. The van der Waals surface area contributed by atoms with E-state index in [-0.39, 0.29) is 6.10 Å². The van der Waals surface area contributed by atoms with Crippen LogP contribution in [0.2, 0.25) is 0 Å². The Morgan fingerprint density at radius 1 is 1.17 bits per heavy atom. The molecule has 1 aromatic rings. The third-order valence-corrected chi connectivity index (χ3v) is 3.43. The number of hydrogen-bond acceptors (Lipinski definition) is 3. The molecule has 3 heteroatoms. The number of nitrogens with zero attached hydrogens (tertiary/aromatic N) is 1. The fourth-order valence-electron chi connectivity index (χ4n) is 2.40. The first-order valence-electron chi connectivity index (χ1n) is 6.98. The van der Waals surface area contributed by atoms with Gasteiger partial charge in [0.2, 0.25) is 0 Å². The average Bonchev–Trinajstić information content (AvgIpc) is 2.40. The van der Waals surface area contributed by atoms with Crippen molar-refractivity contribution < 1.29 is 5.11 Å². The number of aliphatic hydroxyl groups is 1. The second kappa shape index (κ2) is 6.76. The predicted octanol–water partition coefficient (Wildman–Crippen LogP) is 2.15. The molecular formula is C15H24N2O. The largest absolute Gasteiger partial charge is 0.392 e. The van der Waals surface area contributed by atoms with Gasteiger partial charge in [-0.25, -0.2) is 0 Å². The second-order valence-electron chi connectivity index (χ2n) is 5.19. The van der Waals surface area contributed by atoms with Gasteiger partial charge in [0.1, 0.15) is 0 Å². The predicted molar refractivity (Wildman–Crippen MR) is 75.9 cm³/mol. The van der Waals surface area contributed by atoms with Gasteiger partial charge in [-0.1, -0.05) is 12.1 Å². The number of rotatable bonds is 5. The summed E-state index contributed by atoms with van der Waals surface area (Å²) in [6, 6.07) is 8.79. The molecule has 1 aliphatic rings. The van der Waals surface area contributed by atoms with E-state index in [4.69, 9.17) is 0 Å². The van der Waals surface area contributed by atoms with E-state index in [0.29, 0.717) is 6.54 Å². The number of hydrogen-bond donors (Lipinski definition) is 2. The molecule has 0 saturated carbocycles. The lowest BCUT2D eigenvalue weighted by atomic mass is 10.1. The normalized spacial score (nSPS) is 17.8. The van der Waals surface area contributed by atoms with Crippen molar-refractivity contribution in [2.75, 3.05) is 24.5 Å². The van der Waals surface area contributed by atoms with E-state index in [1.54, 1.807) is 6.92 Å². The molecule has 0 aliphatic carbocycles. The molecule has 1 atom stereocenters. The zero-order valence-electron chi connectivity index (χ0n) is 11.2. The van der Waals surface area contributed by atoms with Gasteiger partial charge >= 0.3 is 0 Å². The number of benzene rings is 1. The Morgan fingerprint density at radius 3 is 2.44 bits per heavy atom. The van der Waals surface area contributed by atoms with Crippen LogP contribution in [0.3, 0.4) is 0 Å². The van der Waals surface area contributed by atoms with E-state index in [1.165, 1.54) is 43.6 Å². The minimum atomic E-state index is -0.280. The molecule has 18 heavy (non-hydrogen) atoms. The van der Waals surface area contributed by atoms with Crippen LogP contribution in [0.1, 0.15) is 31.7 Å². The van der Waals surface area contributed by atoms with Crippen molar-refractivity contribution in [2.24, 2.45) is 0 Å². The molecule has 0 radical (unpaired) electrons. The molecule has 2 rings (SSSR count). The van der Waals surface area contributed by atoms with Gasteiger partial charge in [0.25, 0.3) is 0 Å². The van der Waals surface area contributed by atoms with Gasteiger partial charge in [0.15, 0.2) is 0 Å². The van der Waals surface area contributed by atoms with Crippen molar-refractivity contribution in [3.05, 3.63) is 29.8 Å². The number of aliphatic hydroxyl groups excluding tert-OH is 1. The summed E-state index contributed by atoms with van der Waals surface area (Å²) in [6.07, 6.45) is 3.73. The second-order valence-corrected chi connectivity index (χ2v) is 5.19. The molecule has 0 aromatic heterocycles. The molecule has 0 spiro atoms. The zero-order valence-corrected chi connectivity index (χ0v) is 11.2. The summed E-state index contributed by atoms with van der Waals surface area (Å²) < 4.78 is 0. The Kier molecular flexibility index (Phi) is 5.02. The molecule has 1 unspecified atom stereocenters. The van der Waals surface area contributed by atoms with E-state index in [9.17, 15) is 5.11 Å². The lowest BCUT2D eigenvalue weighted by molar-refractivity contribution is 0.191. The molecule has 2 N–H and O–H groups in total. The number of anilines is 1. The van der Waals surface area contributed by atoms with E-state index >= 15 is 0 Å². The highest BCUT2D eigenvalue weighted by atomic mass is 16.3. The summed E-state index contributed by atoms with van der Waals surface area (Å²) in [6.45, 7) is 5.66. The molecule has 1 aliphatic heterocycles. The van der Waals surface area contributed by atoms with E-state index < -0.39 is 0 Å². The number of nitrogens with one attached hydrogen (secondary N) is 1. The van der Waals surface area contributed by atoms with Gasteiger partial charge in [-0.2, -0.15) is 0 Å². The Bertz CT molecular complexity index is 342. The van der Waals surface area contributed by atoms with Crippen LogP contribution in [0.25, 0.3) is 0 Å². The first-order chi connectivity index (χ1) is 8.75. The molecular weight excluding hydrogens is 224 g/mol. The van der Waals surface area contributed by atoms with Crippen molar-refractivity contribution in [1.29, 1.82) is 0 Å². The fraction of sp³-hybridized carbons (Fsp3) is 0.600. The molecule has 1 heterocycles. The van der Waals surface area contributed by atoms with Gasteiger partial charge in [-0.15, -0.1) is 0 Å². The first kappa shape index (κ1) is 13.4. The topological polar surface area (TPSA) is 35.5 Å². The van der Waals surface area contributed by atoms with Gasteiger partial charge in [-0.3, -0.25) is 0 Å². The standard InChI is InChI=1S/C15H24N2O/c1-13(18)11-16-12-14-5-7-15(8-6-14)17-9-3-2-4-10-17/h5-8,13,16,18H,2-4,9-12H2,1H3. The van der Waals surface area contributed by atoms with Crippen LogP contribution in [0.15, 0.2) is 24.3 Å². The maximum atomic E-state index is 9.18. The fourth-order valence-corrected chi connectivity index (χ4v) is 2.40.